The van der Waals surface area contributed by atoms with Gasteiger partial charge in [-0.05, 0) is 19.1 Å². The fourth-order valence-electron chi connectivity index (χ4n) is 1.78. The maximum Gasteiger partial charge on any atom is 0.140 e. The molecule has 1 saturated carbocycles. The minimum Gasteiger partial charge on any atom is -0.488 e. The molecule has 1 aliphatic carbocycles. The molecule has 1 fully saturated rings. The standard InChI is InChI=1S/C12H16ClNO/c1-8-9(5-4-6-14-8)15-11-7-10(13)12(11,2)3/h4-6,10-11H,7H2,1-3H3. The Morgan fingerprint density at radius 1 is 1.53 bits per heavy atom. The highest BCUT2D eigenvalue weighted by atomic mass is 35.5. The number of pyridine rings is 1. The van der Waals surface area contributed by atoms with Crippen LogP contribution < -0.4 is 4.74 Å². The topological polar surface area (TPSA) is 22.1 Å². The summed E-state index contributed by atoms with van der Waals surface area (Å²) in [5.74, 6) is 0.874. The molecular formula is C12H16ClNO. The van der Waals surface area contributed by atoms with Crippen molar-refractivity contribution in [1.29, 1.82) is 0 Å². The van der Waals surface area contributed by atoms with Gasteiger partial charge in [0, 0.05) is 23.4 Å². The van der Waals surface area contributed by atoms with E-state index in [0.29, 0.717) is 0 Å². The van der Waals surface area contributed by atoms with Crippen LogP contribution in [0.3, 0.4) is 0 Å². The SMILES string of the molecule is Cc1ncccc1OC1CC(Cl)C1(C)C. The zero-order valence-electron chi connectivity index (χ0n) is 9.33. The van der Waals surface area contributed by atoms with Crippen LogP contribution in [0.15, 0.2) is 18.3 Å². The highest BCUT2D eigenvalue weighted by molar-refractivity contribution is 6.21. The molecule has 1 aromatic rings. The highest BCUT2D eigenvalue weighted by Crippen LogP contribution is 2.46. The van der Waals surface area contributed by atoms with Crippen molar-refractivity contribution in [2.24, 2.45) is 5.41 Å². The largest absolute Gasteiger partial charge is 0.488 e. The molecule has 0 spiro atoms. The van der Waals surface area contributed by atoms with Gasteiger partial charge in [-0.25, -0.2) is 0 Å². The Morgan fingerprint density at radius 3 is 2.80 bits per heavy atom. The van der Waals surface area contributed by atoms with Crippen LogP contribution in [0, 0.1) is 12.3 Å². The Morgan fingerprint density at radius 2 is 2.27 bits per heavy atom. The molecule has 82 valence electrons. The summed E-state index contributed by atoms with van der Waals surface area (Å²) in [5.41, 5.74) is 0.996. The number of aromatic nitrogens is 1. The highest BCUT2D eigenvalue weighted by Gasteiger charge is 2.49. The van der Waals surface area contributed by atoms with E-state index in [0.717, 1.165) is 17.9 Å². The molecule has 1 aromatic heterocycles. The van der Waals surface area contributed by atoms with Crippen LogP contribution in [0.5, 0.6) is 5.75 Å². The molecular weight excluding hydrogens is 210 g/mol. The normalized spacial score (nSPS) is 28.3. The third-order valence-electron chi connectivity index (χ3n) is 3.29. The van der Waals surface area contributed by atoms with Crippen LogP contribution in [-0.2, 0) is 0 Å². The Balaban J connectivity index is 2.08. The summed E-state index contributed by atoms with van der Waals surface area (Å²) in [6.07, 6.45) is 2.91. The fourth-order valence-corrected chi connectivity index (χ4v) is 2.09. The van der Waals surface area contributed by atoms with Gasteiger partial charge in [-0.15, -0.1) is 11.6 Å². The maximum atomic E-state index is 6.15. The van der Waals surface area contributed by atoms with E-state index in [2.05, 4.69) is 18.8 Å². The summed E-state index contributed by atoms with van der Waals surface area (Å²) >= 11 is 6.15. The molecule has 3 heteroatoms. The van der Waals surface area contributed by atoms with Gasteiger partial charge >= 0.3 is 0 Å². The number of hydrogen-bond donors (Lipinski definition) is 0. The van der Waals surface area contributed by atoms with E-state index in [4.69, 9.17) is 16.3 Å². The second-order valence-corrected chi connectivity index (χ2v) is 5.24. The van der Waals surface area contributed by atoms with Gasteiger partial charge in [0.2, 0.25) is 0 Å². The third kappa shape index (κ3) is 1.83. The van der Waals surface area contributed by atoms with Crippen molar-refractivity contribution in [1.82, 2.24) is 4.98 Å². The number of halogens is 1. The molecule has 2 unspecified atom stereocenters. The number of alkyl halides is 1. The number of nitrogens with zero attached hydrogens (tertiary/aromatic N) is 1. The lowest BCUT2D eigenvalue weighted by atomic mass is 9.68. The van der Waals surface area contributed by atoms with Crippen molar-refractivity contribution in [2.45, 2.75) is 38.7 Å². The monoisotopic (exact) mass is 225 g/mol. The number of rotatable bonds is 2. The van der Waals surface area contributed by atoms with Crippen LogP contribution in [0.2, 0.25) is 0 Å². The summed E-state index contributed by atoms with van der Waals surface area (Å²) < 4.78 is 5.92. The van der Waals surface area contributed by atoms with Crippen LogP contribution in [0.1, 0.15) is 26.0 Å². The molecule has 1 aliphatic rings. The first-order valence-electron chi connectivity index (χ1n) is 5.24. The van der Waals surface area contributed by atoms with Gasteiger partial charge in [0.05, 0.1) is 5.69 Å². The lowest BCUT2D eigenvalue weighted by molar-refractivity contribution is -0.0137. The third-order valence-corrected chi connectivity index (χ3v) is 4.03. The summed E-state index contributed by atoms with van der Waals surface area (Å²) in [5, 5.41) is 0.222. The summed E-state index contributed by atoms with van der Waals surface area (Å²) in [6, 6.07) is 3.85. The van der Waals surface area contributed by atoms with E-state index in [9.17, 15) is 0 Å². The lowest BCUT2D eigenvalue weighted by Crippen LogP contribution is -2.53. The van der Waals surface area contributed by atoms with E-state index >= 15 is 0 Å². The molecule has 15 heavy (non-hydrogen) atoms. The lowest BCUT2D eigenvalue weighted by Gasteiger charge is -2.48. The van der Waals surface area contributed by atoms with Crippen molar-refractivity contribution in [3.8, 4) is 5.75 Å². The number of ether oxygens (including phenoxy) is 1. The van der Waals surface area contributed by atoms with E-state index < -0.39 is 0 Å². The summed E-state index contributed by atoms with van der Waals surface area (Å²) in [6.45, 7) is 6.24. The number of hydrogen-bond acceptors (Lipinski definition) is 2. The first-order chi connectivity index (χ1) is 7.01. The molecule has 0 bridgehead atoms. The van der Waals surface area contributed by atoms with Gasteiger partial charge in [0.25, 0.3) is 0 Å². The molecule has 0 saturated heterocycles. The first-order valence-corrected chi connectivity index (χ1v) is 5.68. The second kappa shape index (κ2) is 3.67. The average molecular weight is 226 g/mol. The fraction of sp³-hybridized carbons (Fsp3) is 0.583. The van der Waals surface area contributed by atoms with Gasteiger partial charge < -0.3 is 4.74 Å². The van der Waals surface area contributed by atoms with E-state index in [1.54, 1.807) is 6.20 Å². The smallest absolute Gasteiger partial charge is 0.140 e. The van der Waals surface area contributed by atoms with Gasteiger partial charge in [-0.3, -0.25) is 4.98 Å². The minimum atomic E-state index is 0.0594. The van der Waals surface area contributed by atoms with Crippen molar-refractivity contribution < 1.29 is 4.74 Å². The first kappa shape index (κ1) is 10.7. The molecule has 0 aliphatic heterocycles. The van der Waals surface area contributed by atoms with Gasteiger partial charge in [-0.1, -0.05) is 13.8 Å². The van der Waals surface area contributed by atoms with Crippen LogP contribution in [0.25, 0.3) is 0 Å². The molecule has 0 aromatic carbocycles. The minimum absolute atomic E-state index is 0.0594. The molecule has 2 nitrogen and oxygen atoms in total. The van der Waals surface area contributed by atoms with Crippen LogP contribution >= 0.6 is 11.6 Å². The van der Waals surface area contributed by atoms with Crippen LogP contribution in [-0.4, -0.2) is 16.5 Å². The summed E-state index contributed by atoms with van der Waals surface area (Å²) in [7, 11) is 0. The van der Waals surface area contributed by atoms with Gasteiger partial charge in [-0.2, -0.15) is 0 Å². The van der Waals surface area contributed by atoms with Crippen molar-refractivity contribution >= 4 is 11.6 Å². The molecule has 0 radical (unpaired) electrons. The quantitative estimate of drug-likeness (QED) is 0.722. The second-order valence-electron chi connectivity index (χ2n) is 4.72. The van der Waals surface area contributed by atoms with Crippen LogP contribution in [0.4, 0.5) is 0 Å². The Bertz CT molecular complexity index is 364. The Kier molecular flexibility index (Phi) is 2.63. The molecule has 0 amide bonds. The van der Waals surface area contributed by atoms with Gasteiger partial charge in [0.15, 0.2) is 0 Å². The Hall–Kier alpha value is -0.760. The van der Waals surface area contributed by atoms with E-state index in [1.165, 1.54) is 0 Å². The molecule has 2 rings (SSSR count). The van der Waals surface area contributed by atoms with Gasteiger partial charge in [0.1, 0.15) is 11.9 Å². The molecule has 0 N–H and O–H groups in total. The van der Waals surface area contributed by atoms with Crippen molar-refractivity contribution in [2.75, 3.05) is 0 Å². The zero-order chi connectivity index (χ0) is 11.1. The van der Waals surface area contributed by atoms with E-state index in [-0.39, 0.29) is 16.9 Å². The van der Waals surface area contributed by atoms with Crippen molar-refractivity contribution in [3.05, 3.63) is 24.0 Å². The maximum absolute atomic E-state index is 6.15. The molecule has 2 atom stereocenters. The average Bonchev–Trinajstić information content (AvgIpc) is 2.20. The summed E-state index contributed by atoms with van der Waals surface area (Å²) in [4.78, 5) is 4.20. The van der Waals surface area contributed by atoms with E-state index in [1.807, 2.05) is 19.1 Å². The predicted molar refractivity (Wildman–Crippen MR) is 61.4 cm³/mol. The van der Waals surface area contributed by atoms with Crippen molar-refractivity contribution in [3.63, 3.8) is 0 Å². The predicted octanol–water partition coefficient (Wildman–Crippen LogP) is 3.17. The number of aryl methyl sites for hydroxylation is 1. The zero-order valence-corrected chi connectivity index (χ0v) is 10.1. The Labute approximate surface area is 95.6 Å². The molecule has 1 heterocycles.